The Kier molecular flexibility index (Phi) is 2.88. The van der Waals surface area contributed by atoms with E-state index < -0.39 is 11.6 Å². The number of hydrogen-bond acceptors (Lipinski definition) is 1. The van der Waals surface area contributed by atoms with E-state index in [-0.39, 0.29) is 4.90 Å². The van der Waals surface area contributed by atoms with Crippen LogP contribution in [0.15, 0.2) is 23.1 Å². The van der Waals surface area contributed by atoms with E-state index in [1.165, 1.54) is 30.0 Å². The first-order valence-corrected chi connectivity index (χ1v) is 4.31. The van der Waals surface area contributed by atoms with Crippen molar-refractivity contribution in [2.45, 2.75) is 11.8 Å². The predicted octanol–water partition coefficient (Wildman–Crippen LogP) is 3.08. The Morgan fingerprint density at radius 2 is 1.82 bits per heavy atom. The van der Waals surface area contributed by atoms with E-state index in [0.717, 1.165) is 0 Å². The van der Waals surface area contributed by atoms with Crippen molar-refractivity contribution in [2.75, 3.05) is 5.75 Å². The molecule has 0 spiro atoms. The van der Waals surface area contributed by atoms with Crippen molar-refractivity contribution in [3.63, 3.8) is 0 Å². The van der Waals surface area contributed by atoms with E-state index in [4.69, 9.17) is 0 Å². The Hall–Kier alpha value is -0.570. The van der Waals surface area contributed by atoms with Gasteiger partial charge in [0.15, 0.2) is 0 Å². The Balaban J connectivity index is 3.00. The quantitative estimate of drug-likeness (QED) is 0.621. The molecule has 0 heterocycles. The molecule has 60 valence electrons. The van der Waals surface area contributed by atoms with Gasteiger partial charge in [-0.05, 0) is 17.9 Å². The number of hydrogen-bond donors (Lipinski definition) is 0. The fourth-order valence-electron chi connectivity index (χ4n) is 0.765. The van der Waals surface area contributed by atoms with Gasteiger partial charge in [0.25, 0.3) is 0 Å². The van der Waals surface area contributed by atoms with Crippen LogP contribution in [0, 0.1) is 11.6 Å². The highest BCUT2D eigenvalue weighted by Crippen LogP contribution is 2.23. The maximum absolute atomic E-state index is 12.8. The van der Waals surface area contributed by atoms with Gasteiger partial charge in [0.1, 0.15) is 11.6 Å². The summed E-state index contributed by atoms with van der Waals surface area (Å²) in [7, 11) is 0. The summed E-state index contributed by atoms with van der Waals surface area (Å²) in [6, 6.07) is 3.90. The summed E-state index contributed by atoms with van der Waals surface area (Å²) in [4.78, 5) is 0.120. The van der Waals surface area contributed by atoms with Crippen LogP contribution in [-0.2, 0) is 0 Å². The average Bonchev–Trinajstić information content (AvgIpc) is 1.97. The number of halogens is 2. The van der Waals surface area contributed by atoms with Gasteiger partial charge in [0, 0.05) is 0 Å². The van der Waals surface area contributed by atoms with Crippen molar-refractivity contribution in [3.05, 3.63) is 29.8 Å². The zero-order valence-corrected chi connectivity index (χ0v) is 6.92. The highest BCUT2D eigenvalue weighted by atomic mass is 32.2. The molecule has 0 unspecified atom stereocenters. The van der Waals surface area contributed by atoms with Crippen molar-refractivity contribution in [2.24, 2.45) is 0 Å². The highest BCUT2D eigenvalue weighted by molar-refractivity contribution is 7.99. The molecule has 0 aliphatic rings. The van der Waals surface area contributed by atoms with Crippen LogP contribution in [0.3, 0.4) is 0 Å². The van der Waals surface area contributed by atoms with Gasteiger partial charge in [-0.3, -0.25) is 0 Å². The van der Waals surface area contributed by atoms with Gasteiger partial charge < -0.3 is 0 Å². The molecule has 0 atom stereocenters. The summed E-state index contributed by atoms with van der Waals surface area (Å²) in [6.07, 6.45) is 0. The fourth-order valence-corrected chi connectivity index (χ4v) is 1.47. The lowest BCUT2D eigenvalue weighted by Crippen LogP contribution is -1.86. The molecule has 0 N–H and O–H groups in total. The molecule has 1 rings (SSSR count). The van der Waals surface area contributed by atoms with Gasteiger partial charge in [0.2, 0.25) is 0 Å². The van der Waals surface area contributed by atoms with E-state index in [1.54, 1.807) is 0 Å². The Morgan fingerprint density at radius 1 is 1.27 bits per heavy atom. The monoisotopic (exact) mass is 174 g/mol. The number of thioether (sulfide) groups is 1. The molecular weight excluding hydrogens is 166 g/mol. The lowest BCUT2D eigenvalue weighted by molar-refractivity contribution is 0.541. The first-order chi connectivity index (χ1) is 5.25. The second-order valence-corrected chi connectivity index (χ2v) is 3.26. The van der Waals surface area contributed by atoms with Crippen molar-refractivity contribution < 1.29 is 8.78 Å². The lowest BCUT2D eigenvalue weighted by Gasteiger charge is -2.00. The Morgan fingerprint density at radius 3 is 2.27 bits per heavy atom. The van der Waals surface area contributed by atoms with Gasteiger partial charge in [-0.25, -0.2) is 8.78 Å². The largest absolute Gasteiger partial charge is 0.206 e. The molecule has 1 aromatic carbocycles. The van der Waals surface area contributed by atoms with Gasteiger partial charge in [-0.2, -0.15) is 0 Å². The summed E-state index contributed by atoms with van der Waals surface area (Å²) in [5.41, 5.74) is 0. The van der Waals surface area contributed by atoms with Crippen molar-refractivity contribution in [3.8, 4) is 0 Å². The van der Waals surface area contributed by atoms with Crippen LogP contribution in [0.1, 0.15) is 6.92 Å². The smallest absolute Gasteiger partial charge is 0.139 e. The number of benzene rings is 1. The second kappa shape index (κ2) is 3.72. The van der Waals surface area contributed by atoms with E-state index in [0.29, 0.717) is 5.75 Å². The minimum atomic E-state index is -0.475. The van der Waals surface area contributed by atoms with Gasteiger partial charge >= 0.3 is 0 Å². The van der Waals surface area contributed by atoms with Crippen LogP contribution in [0.2, 0.25) is 0 Å². The van der Waals surface area contributed by atoms with Crippen LogP contribution in [0.4, 0.5) is 8.78 Å². The molecule has 0 saturated heterocycles. The molecular formula is C8H8F2S. The Labute approximate surface area is 68.6 Å². The molecule has 0 nitrogen and oxygen atoms in total. The zero-order valence-electron chi connectivity index (χ0n) is 6.10. The molecule has 0 aliphatic heterocycles. The first kappa shape index (κ1) is 8.53. The summed E-state index contributed by atoms with van der Waals surface area (Å²) in [6.45, 7) is 1.86. The standard InChI is InChI=1S/C8H8F2S/c1-2-11-8-6(9)4-3-5-7(8)10/h3-5H,2H2,1H3. The van der Waals surface area contributed by atoms with Gasteiger partial charge in [0.05, 0.1) is 4.90 Å². The summed E-state index contributed by atoms with van der Waals surface area (Å²) >= 11 is 1.18. The van der Waals surface area contributed by atoms with E-state index >= 15 is 0 Å². The highest BCUT2D eigenvalue weighted by Gasteiger charge is 2.06. The Bertz CT molecular complexity index is 228. The predicted molar refractivity (Wildman–Crippen MR) is 42.8 cm³/mol. The van der Waals surface area contributed by atoms with Crippen molar-refractivity contribution in [1.29, 1.82) is 0 Å². The molecule has 0 fully saturated rings. The fraction of sp³-hybridized carbons (Fsp3) is 0.250. The summed E-state index contributed by atoms with van der Waals surface area (Å²) < 4.78 is 25.6. The molecule has 0 amide bonds. The van der Waals surface area contributed by atoms with Crippen LogP contribution < -0.4 is 0 Å². The third-order valence-corrected chi connectivity index (χ3v) is 2.17. The second-order valence-electron chi connectivity index (χ2n) is 1.98. The SMILES string of the molecule is CCSc1c(F)cccc1F. The number of rotatable bonds is 2. The van der Waals surface area contributed by atoms with Crippen LogP contribution in [0.25, 0.3) is 0 Å². The topological polar surface area (TPSA) is 0 Å². The van der Waals surface area contributed by atoms with Crippen molar-refractivity contribution in [1.82, 2.24) is 0 Å². The van der Waals surface area contributed by atoms with Crippen LogP contribution in [0.5, 0.6) is 0 Å². The summed E-state index contributed by atoms with van der Waals surface area (Å²) in [5.74, 6) is -0.272. The summed E-state index contributed by atoms with van der Waals surface area (Å²) in [5, 5.41) is 0. The maximum Gasteiger partial charge on any atom is 0.139 e. The molecule has 0 aliphatic carbocycles. The van der Waals surface area contributed by atoms with Crippen molar-refractivity contribution >= 4 is 11.8 Å². The van der Waals surface area contributed by atoms with Crippen LogP contribution in [-0.4, -0.2) is 5.75 Å². The molecule has 0 radical (unpaired) electrons. The molecule has 3 heteroatoms. The molecule has 0 bridgehead atoms. The first-order valence-electron chi connectivity index (χ1n) is 3.32. The molecule has 0 saturated carbocycles. The normalized spacial score (nSPS) is 10.1. The minimum Gasteiger partial charge on any atom is -0.206 e. The van der Waals surface area contributed by atoms with Gasteiger partial charge in [-0.15, -0.1) is 11.8 Å². The van der Waals surface area contributed by atoms with Gasteiger partial charge in [-0.1, -0.05) is 13.0 Å². The third kappa shape index (κ3) is 1.93. The van der Waals surface area contributed by atoms with Crippen LogP contribution >= 0.6 is 11.8 Å². The third-order valence-electron chi connectivity index (χ3n) is 1.21. The molecule has 0 aromatic heterocycles. The van der Waals surface area contributed by atoms with E-state index in [1.807, 2.05) is 6.92 Å². The lowest BCUT2D eigenvalue weighted by atomic mass is 10.3. The molecule has 1 aromatic rings. The zero-order chi connectivity index (χ0) is 8.27. The minimum absolute atomic E-state index is 0.120. The maximum atomic E-state index is 12.8. The average molecular weight is 174 g/mol. The van der Waals surface area contributed by atoms with E-state index in [9.17, 15) is 8.78 Å². The van der Waals surface area contributed by atoms with E-state index in [2.05, 4.69) is 0 Å². The molecule has 11 heavy (non-hydrogen) atoms.